The Bertz CT molecular complexity index is 941. The lowest BCUT2D eigenvalue weighted by molar-refractivity contribution is -0.113. The number of carbonyl (C=O) groups is 1. The number of nitrogens with one attached hydrogen (secondary N) is 1. The number of anilines is 1. The highest BCUT2D eigenvalue weighted by Gasteiger charge is 2.13. The summed E-state index contributed by atoms with van der Waals surface area (Å²) in [4.78, 5) is 16.7. The monoisotopic (exact) mass is 462 g/mol. The average Bonchev–Trinajstić information content (AvgIpc) is 3.06. The molecule has 0 aliphatic rings. The smallest absolute Gasteiger partial charge is 0.234 e. The van der Waals surface area contributed by atoms with E-state index in [1.807, 2.05) is 24.3 Å². The predicted molar refractivity (Wildman–Crippen MR) is 114 cm³/mol. The zero-order valence-corrected chi connectivity index (χ0v) is 17.4. The molecule has 0 radical (unpaired) electrons. The molecule has 1 amide bonds. The van der Waals surface area contributed by atoms with Gasteiger partial charge in [0.25, 0.3) is 0 Å². The number of halogens is 2. The Morgan fingerprint density at radius 3 is 2.59 bits per heavy atom. The first-order valence-electron chi connectivity index (χ1n) is 8.05. The van der Waals surface area contributed by atoms with Crippen LogP contribution in [0.4, 0.5) is 5.69 Å². The van der Waals surface area contributed by atoms with Crippen molar-refractivity contribution in [2.24, 2.45) is 0 Å². The van der Waals surface area contributed by atoms with Gasteiger partial charge in [-0.15, -0.1) is 11.7 Å². The van der Waals surface area contributed by atoms with Gasteiger partial charge in [-0.2, -0.15) is 0 Å². The molecule has 0 bridgehead atoms. The molecule has 0 aliphatic heterocycles. The molecule has 1 N–H and O–H groups in total. The molecule has 1 aromatic heterocycles. The van der Waals surface area contributed by atoms with Crippen LogP contribution in [0.3, 0.4) is 0 Å². The summed E-state index contributed by atoms with van der Waals surface area (Å²) in [5, 5.41) is 8.47. The number of carbonyl (C=O) groups excluding carboxylic acids is 1. The standard InChI is InChI=1S/C19H16BrClN4OS/c1-2-11-25-18(13-3-5-14(20)6-4-13)23-19(24-25)27-12-17(26)22-16-9-7-15(21)8-10-16/h2-10H,1,11-12H2,(H,22,26). The van der Waals surface area contributed by atoms with Crippen molar-refractivity contribution in [2.75, 3.05) is 11.1 Å². The maximum Gasteiger partial charge on any atom is 0.234 e. The van der Waals surface area contributed by atoms with Crippen molar-refractivity contribution < 1.29 is 4.79 Å². The van der Waals surface area contributed by atoms with E-state index in [1.165, 1.54) is 11.8 Å². The van der Waals surface area contributed by atoms with Gasteiger partial charge in [0, 0.05) is 20.7 Å². The summed E-state index contributed by atoms with van der Waals surface area (Å²) in [7, 11) is 0. The van der Waals surface area contributed by atoms with E-state index in [1.54, 1.807) is 35.0 Å². The Morgan fingerprint density at radius 1 is 1.22 bits per heavy atom. The minimum atomic E-state index is -0.132. The van der Waals surface area contributed by atoms with Crippen LogP contribution in [0.25, 0.3) is 11.4 Å². The molecular formula is C19H16BrClN4OS. The van der Waals surface area contributed by atoms with E-state index in [9.17, 15) is 4.79 Å². The number of amides is 1. The van der Waals surface area contributed by atoms with Crippen LogP contribution in [0.2, 0.25) is 5.02 Å². The molecule has 0 aliphatic carbocycles. The number of rotatable bonds is 7. The maximum absolute atomic E-state index is 12.1. The fraction of sp³-hybridized carbons (Fsp3) is 0.105. The third-order valence-electron chi connectivity index (χ3n) is 3.52. The van der Waals surface area contributed by atoms with Gasteiger partial charge < -0.3 is 5.32 Å². The van der Waals surface area contributed by atoms with Crippen molar-refractivity contribution in [3.05, 3.63) is 70.7 Å². The highest BCUT2D eigenvalue weighted by Crippen LogP contribution is 2.24. The molecule has 3 aromatic rings. The van der Waals surface area contributed by atoms with Gasteiger partial charge >= 0.3 is 0 Å². The molecular weight excluding hydrogens is 448 g/mol. The molecule has 5 nitrogen and oxygen atoms in total. The lowest BCUT2D eigenvalue weighted by Gasteiger charge is -2.03. The highest BCUT2D eigenvalue weighted by molar-refractivity contribution is 9.10. The molecule has 2 aromatic carbocycles. The second-order valence-electron chi connectivity index (χ2n) is 5.54. The van der Waals surface area contributed by atoms with Gasteiger partial charge in [0.05, 0.1) is 12.3 Å². The molecule has 1 heterocycles. The van der Waals surface area contributed by atoms with Crippen LogP contribution in [-0.4, -0.2) is 26.4 Å². The third kappa shape index (κ3) is 5.45. The second kappa shape index (κ2) is 9.21. The molecule has 0 atom stereocenters. The number of benzene rings is 2. The Balaban J connectivity index is 1.68. The molecule has 0 spiro atoms. The topological polar surface area (TPSA) is 59.8 Å². The number of hydrogen-bond donors (Lipinski definition) is 1. The molecule has 0 unspecified atom stereocenters. The number of thioether (sulfide) groups is 1. The van der Waals surface area contributed by atoms with Crippen molar-refractivity contribution >= 4 is 50.9 Å². The summed E-state index contributed by atoms with van der Waals surface area (Å²) in [5.41, 5.74) is 1.65. The molecule has 0 saturated carbocycles. The zero-order valence-electron chi connectivity index (χ0n) is 14.2. The van der Waals surface area contributed by atoms with Crippen molar-refractivity contribution in [2.45, 2.75) is 11.7 Å². The molecule has 27 heavy (non-hydrogen) atoms. The Morgan fingerprint density at radius 2 is 1.93 bits per heavy atom. The first kappa shape index (κ1) is 19.7. The number of aromatic nitrogens is 3. The van der Waals surface area contributed by atoms with Gasteiger partial charge in [-0.1, -0.05) is 57.5 Å². The minimum absolute atomic E-state index is 0.132. The quantitative estimate of drug-likeness (QED) is 0.383. The molecule has 8 heteroatoms. The lowest BCUT2D eigenvalue weighted by Crippen LogP contribution is -2.14. The summed E-state index contributed by atoms with van der Waals surface area (Å²) in [6.45, 7) is 4.30. The summed E-state index contributed by atoms with van der Waals surface area (Å²) in [5.74, 6) is 0.816. The van der Waals surface area contributed by atoms with E-state index in [4.69, 9.17) is 11.6 Å². The van der Waals surface area contributed by atoms with Crippen LogP contribution in [0, 0.1) is 0 Å². The van der Waals surface area contributed by atoms with Crippen molar-refractivity contribution in [1.82, 2.24) is 14.8 Å². The summed E-state index contributed by atoms with van der Waals surface area (Å²) in [6.07, 6.45) is 1.76. The van der Waals surface area contributed by atoms with Gasteiger partial charge in [0.1, 0.15) is 0 Å². The molecule has 0 saturated heterocycles. The SMILES string of the molecule is C=CCn1nc(SCC(=O)Nc2ccc(Cl)cc2)nc1-c1ccc(Br)cc1. The minimum Gasteiger partial charge on any atom is -0.325 e. The summed E-state index contributed by atoms with van der Waals surface area (Å²) < 4.78 is 2.77. The largest absolute Gasteiger partial charge is 0.325 e. The predicted octanol–water partition coefficient (Wildman–Crippen LogP) is 5.28. The van der Waals surface area contributed by atoms with Crippen LogP contribution in [0.1, 0.15) is 0 Å². The molecule has 3 rings (SSSR count). The molecule has 138 valence electrons. The van der Waals surface area contributed by atoms with Crippen LogP contribution >= 0.6 is 39.3 Å². The summed E-state index contributed by atoms with van der Waals surface area (Å²) in [6, 6.07) is 14.8. The van der Waals surface area contributed by atoms with Gasteiger partial charge in [0.2, 0.25) is 11.1 Å². The van der Waals surface area contributed by atoms with E-state index in [-0.39, 0.29) is 11.7 Å². The Labute approximate surface area is 175 Å². The van der Waals surface area contributed by atoms with Crippen LogP contribution in [0.5, 0.6) is 0 Å². The van der Waals surface area contributed by atoms with Crippen LogP contribution in [0.15, 0.2) is 70.8 Å². The maximum atomic E-state index is 12.1. The van der Waals surface area contributed by atoms with Gasteiger partial charge in [0.15, 0.2) is 5.82 Å². The lowest BCUT2D eigenvalue weighted by atomic mass is 10.2. The van der Waals surface area contributed by atoms with Crippen molar-refractivity contribution in [1.29, 1.82) is 0 Å². The van der Waals surface area contributed by atoms with Crippen molar-refractivity contribution in [3.8, 4) is 11.4 Å². The first-order valence-corrected chi connectivity index (χ1v) is 10.2. The van der Waals surface area contributed by atoms with Crippen LogP contribution < -0.4 is 5.32 Å². The fourth-order valence-corrected chi connectivity index (χ4v) is 3.33. The molecule has 0 fully saturated rings. The van der Waals surface area contributed by atoms with Crippen LogP contribution in [-0.2, 0) is 11.3 Å². The Hall–Kier alpha value is -2.09. The first-order chi connectivity index (χ1) is 13.0. The van der Waals surface area contributed by atoms with E-state index >= 15 is 0 Å². The van der Waals surface area contributed by atoms with Crippen molar-refractivity contribution in [3.63, 3.8) is 0 Å². The van der Waals surface area contributed by atoms with E-state index in [2.05, 4.69) is 37.9 Å². The number of nitrogens with zero attached hydrogens (tertiary/aromatic N) is 3. The Kier molecular flexibility index (Phi) is 6.71. The van der Waals surface area contributed by atoms with E-state index in [0.29, 0.717) is 22.4 Å². The normalized spacial score (nSPS) is 10.6. The number of hydrogen-bond acceptors (Lipinski definition) is 4. The third-order valence-corrected chi connectivity index (χ3v) is 5.14. The second-order valence-corrected chi connectivity index (χ2v) is 7.83. The summed E-state index contributed by atoms with van der Waals surface area (Å²) >= 11 is 10.6. The van der Waals surface area contributed by atoms with Gasteiger partial charge in [-0.25, -0.2) is 9.67 Å². The average molecular weight is 464 g/mol. The van der Waals surface area contributed by atoms with E-state index < -0.39 is 0 Å². The van der Waals surface area contributed by atoms with E-state index in [0.717, 1.165) is 15.9 Å². The van der Waals surface area contributed by atoms with Gasteiger partial charge in [-0.3, -0.25) is 4.79 Å². The fourth-order valence-electron chi connectivity index (χ4n) is 2.30. The highest BCUT2D eigenvalue weighted by atomic mass is 79.9. The number of allylic oxidation sites excluding steroid dienone is 1. The van der Waals surface area contributed by atoms with Gasteiger partial charge in [-0.05, 0) is 36.4 Å². The zero-order chi connectivity index (χ0) is 19.2.